The second-order valence-corrected chi connectivity index (χ2v) is 8.25. The molecule has 0 bridgehead atoms. The Morgan fingerprint density at radius 2 is 1.73 bits per heavy atom. The van der Waals surface area contributed by atoms with Crippen LogP contribution in [0.1, 0.15) is 46.9 Å². The number of para-hydroxylation sites is 1. The summed E-state index contributed by atoms with van der Waals surface area (Å²) < 4.78 is 1.91. The van der Waals surface area contributed by atoms with Crippen LogP contribution in [0.3, 0.4) is 0 Å². The molecule has 4 aromatic rings. The fraction of sp³-hybridized carbons (Fsp3) is 0.200. The van der Waals surface area contributed by atoms with E-state index in [1.807, 2.05) is 56.5 Å². The highest BCUT2D eigenvalue weighted by Gasteiger charge is 2.22. The van der Waals surface area contributed by atoms with Gasteiger partial charge in [-0.05, 0) is 57.0 Å². The molecule has 0 spiro atoms. The maximum atomic E-state index is 13.6. The highest BCUT2D eigenvalue weighted by Crippen LogP contribution is 2.30. The van der Waals surface area contributed by atoms with Crippen LogP contribution < -0.4 is 16.4 Å². The highest BCUT2D eigenvalue weighted by atomic mass is 16.2. The third-order valence-corrected chi connectivity index (χ3v) is 5.57. The second kappa shape index (κ2) is 8.74. The molecule has 0 fully saturated rings. The predicted octanol–water partition coefficient (Wildman–Crippen LogP) is 5.09. The zero-order chi connectivity index (χ0) is 23.7. The summed E-state index contributed by atoms with van der Waals surface area (Å²) in [5, 5.41) is 6.17. The Morgan fingerprint density at radius 3 is 2.45 bits per heavy atom. The van der Waals surface area contributed by atoms with E-state index in [1.165, 1.54) is 6.33 Å². The molecule has 2 aromatic heterocycles. The Morgan fingerprint density at radius 1 is 0.970 bits per heavy atom. The molecular formula is C25H26N6O2. The standard InChI is InChI=1S/C25H26N6O2/c1-14(2)31-12-19(21-23(26)27-13-28-24(21)31)22(32)18-11-17(10-9-15(18)3)29-25(33)30-20-8-6-5-7-16(20)4/h5-14H,1-4H3,(H2,26,27,28)(H2,29,30,33). The molecule has 2 aromatic carbocycles. The Bertz CT molecular complexity index is 1370. The normalized spacial score (nSPS) is 11.1. The lowest BCUT2D eigenvalue weighted by atomic mass is 9.98. The van der Waals surface area contributed by atoms with Crippen molar-refractivity contribution in [2.24, 2.45) is 0 Å². The average Bonchev–Trinajstić information content (AvgIpc) is 3.17. The van der Waals surface area contributed by atoms with Gasteiger partial charge in [0.2, 0.25) is 0 Å². The van der Waals surface area contributed by atoms with Crippen LogP contribution in [0, 0.1) is 13.8 Å². The van der Waals surface area contributed by atoms with E-state index in [2.05, 4.69) is 20.6 Å². The number of nitrogens with one attached hydrogen (secondary N) is 2. The molecule has 0 aliphatic rings. The predicted molar refractivity (Wildman–Crippen MR) is 131 cm³/mol. The molecule has 4 N–H and O–H groups in total. The first-order valence-corrected chi connectivity index (χ1v) is 10.7. The summed E-state index contributed by atoms with van der Waals surface area (Å²) in [5.74, 6) is 0.0497. The number of ketones is 1. The molecule has 8 heteroatoms. The lowest BCUT2D eigenvalue weighted by molar-refractivity contribution is 0.103. The molecule has 168 valence electrons. The van der Waals surface area contributed by atoms with Gasteiger partial charge < -0.3 is 20.9 Å². The second-order valence-electron chi connectivity index (χ2n) is 8.25. The van der Waals surface area contributed by atoms with Crippen LogP contribution in [0.4, 0.5) is 22.0 Å². The van der Waals surface area contributed by atoms with Gasteiger partial charge in [-0.3, -0.25) is 4.79 Å². The van der Waals surface area contributed by atoms with Crippen LogP contribution in [0.15, 0.2) is 55.0 Å². The van der Waals surface area contributed by atoms with E-state index in [1.54, 1.807) is 24.4 Å². The van der Waals surface area contributed by atoms with Crippen LogP contribution in [0.25, 0.3) is 11.0 Å². The molecule has 33 heavy (non-hydrogen) atoms. The number of rotatable bonds is 5. The summed E-state index contributed by atoms with van der Waals surface area (Å²) in [5.41, 5.74) is 10.6. The number of nitrogens with zero attached hydrogens (tertiary/aromatic N) is 3. The molecule has 2 heterocycles. The van der Waals surface area contributed by atoms with Crippen molar-refractivity contribution in [2.75, 3.05) is 16.4 Å². The molecule has 0 saturated heterocycles. The maximum Gasteiger partial charge on any atom is 0.323 e. The minimum Gasteiger partial charge on any atom is -0.383 e. The first-order chi connectivity index (χ1) is 15.8. The molecule has 8 nitrogen and oxygen atoms in total. The molecule has 0 radical (unpaired) electrons. The number of amides is 2. The van der Waals surface area contributed by atoms with E-state index >= 15 is 0 Å². The van der Waals surface area contributed by atoms with Gasteiger partial charge in [-0.1, -0.05) is 24.3 Å². The summed E-state index contributed by atoms with van der Waals surface area (Å²) in [7, 11) is 0. The van der Waals surface area contributed by atoms with Gasteiger partial charge in [0.15, 0.2) is 5.78 Å². The van der Waals surface area contributed by atoms with E-state index in [-0.39, 0.29) is 23.7 Å². The number of fused-ring (bicyclic) bond motifs is 1. The number of carbonyl (C=O) groups excluding carboxylic acids is 2. The van der Waals surface area contributed by atoms with Gasteiger partial charge in [0.25, 0.3) is 0 Å². The van der Waals surface area contributed by atoms with Crippen molar-refractivity contribution in [2.45, 2.75) is 33.7 Å². The number of hydrogen-bond donors (Lipinski definition) is 3. The van der Waals surface area contributed by atoms with E-state index in [0.29, 0.717) is 27.8 Å². The Balaban J connectivity index is 1.67. The summed E-state index contributed by atoms with van der Waals surface area (Å²) >= 11 is 0. The van der Waals surface area contributed by atoms with E-state index in [9.17, 15) is 9.59 Å². The molecular weight excluding hydrogens is 416 g/mol. The number of nitrogens with two attached hydrogens (primary N) is 1. The number of aryl methyl sites for hydroxylation is 2. The van der Waals surface area contributed by atoms with Gasteiger partial charge >= 0.3 is 6.03 Å². The van der Waals surface area contributed by atoms with Crippen molar-refractivity contribution in [1.82, 2.24) is 14.5 Å². The zero-order valence-corrected chi connectivity index (χ0v) is 19.0. The van der Waals surface area contributed by atoms with Crippen molar-refractivity contribution >= 4 is 40.0 Å². The SMILES string of the molecule is Cc1ccccc1NC(=O)Nc1ccc(C)c(C(=O)c2cn(C(C)C)c3ncnc(N)c23)c1. The number of anilines is 3. The topological polar surface area (TPSA) is 115 Å². The van der Waals surface area contributed by atoms with Crippen molar-refractivity contribution in [3.8, 4) is 0 Å². The summed E-state index contributed by atoms with van der Waals surface area (Å²) in [6.45, 7) is 7.79. The van der Waals surface area contributed by atoms with Gasteiger partial charge in [0, 0.05) is 29.2 Å². The number of nitrogen functional groups attached to an aromatic ring is 1. The first-order valence-electron chi connectivity index (χ1n) is 10.7. The Hall–Kier alpha value is -4.20. The molecule has 0 unspecified atom stereocenters. The first kappa shape index (κ1) is 22.0. The number of hydrogen-bond acceptors (Lipinski definition) is 5. The molecule has 0 aliphatic carbocycles. The van der Waals surface area contributed by atoms with Crippen molar-refractivity contribution in [3.05, 3.63) is 77.2 Å². The molecule has 0 atom stereocenters. The van der Waals surface area contributed by atoms with Crippen molar-refractivity contribution in [3.63, 3.8) is 0 Å². The Labute approximate surface area is 191 Å². The number of carbonyl (C=O) groups is 2. The van der Waals surface area contributed by atoms with Crippen LogP contribution in [-0.4, -0.2) is 26.3 Å². The maximum absolute atomic E-state index is 13.6. The third-order valence-electron chi connectivity index (χ3n) is 5.57. The fourth-order valence-corrected chi connectivity index (χ4v) is 3.76. The van der Waals surface area contributed by atoms with Crippen molar-refractivity contribution < 1.29 is 9.59 Å². The minimum absolute atomic E-state index is 0.0857. The summed E-state index contributed by atoms with van der Waals surface area (Å²) in [6.07, 6.45) is 3.17. The molecule has 2 amide bonds. The smallest absolute Gasteiger partial charge is 0.323 e. The van der Waals surface area contributed by atoms with Crippen LogP contribution in [0.2, 0.25) is 0 Å². The lowest BCUT2D eigenvalue weighted by Crippen LogP contribution is -2.20. The molecule has 4 rings (SSSR count). The molecule has 0 saturated carbocycles. The summed E-state index contributed by atoms with van der Waals surface area (Å²) in [6, 6.07) is 12.4. The van der Waals surface area contributed by atoms with Crippen LogP contribution >= 0.6 is 0 Å². The lowest BCUT2D eigenvalue weighted by Gasteiger charge is -2.12. The van der Waals surface area contributed by atoms with Gasteiger partial charge in [-0.15, -0.1) is 0 Å². The molecule has 0 aliphatic heterocycles. The largest absolute Gasteiger partial charge is 0.383 e. The fourth-order valence-electron chi connectivity index (χ4n) is 3.76. The average molecular weight is 443 g/mol. The number of aromatic nitrogens is 3. The zero-order valence-electron chi connectivity index (χ0n) is 19.0. The quantitative estimate of drug-likeness (QED) is 0.373. The number of urea groups is 1. The monoisotopic (exact) mass is 442 g/mol. The van der Waals surface area contributed by atoms with E-state index < -0.39 is 0 Å². The number of benzene rings is 2. The Kier molecular flexibility index (Phi) is 5.83. The minimum atomic E-state index is -0.388. The van der Waals surface area contributed by atoms with Gasteiger partial charge in [-0.2, -0.15) is 0 Å². The highest BCUT2D eigenvalue weighted by molar-refractivity contribution is 6.19. The summed E-state index contributed by atoms with van der Waals surface area (Å²) in [4.78, 5) is 34.5. The van der Waals surface area contributed by atoms with Crippen molar-refractivity contribution in [1.29, 1.82) is 0 Å². The third kappa shape index (κ3) is 4.27. The van der Waals surface area contributed by atoms with E-state index in [0.717, 1.165) is 16.8 Å². The van der Waals surface area contributed by atoms with Crippen LogP contribution in [-0.2, 0) is 0 Å². The van der Waals surface area contributed by atoms with Crippen LogP contribution in [0.5, 0.6) is 0 Å². The van der Waals surface area contributed by atoms with Gasteiger partial charge in [0.1, 0.15) is 17.8 Å². The van der Waals surface area contributed by atoms with E-state index in [4.69, 9.17) is 5.73 Å². The van der Waals surface area contributed by atoms with Gasteiger partial charge in [0.05, 0.1) is 10.9 Å². The van der Waals surface area contributed by atoms with Gasteiger partial charge in [-0.25, -0.2) is 14.8 Å².